The predicted molar refractivity (Wildman–Crippen MR) is 102 cm³/mol. The molecular weight excluding hydrogens is 332 g/mol. The summed E-state index contributed by atoms with van der Waals surface area (Å²) in [6, 6.07) is 13.7. The lowest BCUT2D eigenvalue weighted by Gasteiger charge is -2.08. The molecule has 0 aliphatic rings. The van der Waals surface area contributed by atoms with Crippen LogP contribution in [0.2, 0.25) is 0 Å². The van der Waals surface area contributed by atoms with Crippen LogP contribution < -0.4 is 5.63 Å². The highest BCUT2D eigenvalue weighted by atomic mass is 32.2. The van der Waals surface area contributed by atoms with Crippen molar-refractivity contribution in [3.8, 4) is 0 Å². The van der Waals surface area contributed by atoms with Crippen molar-refractivity contribution in [3.63, 3.8) is 0 Å². The maximum absolute atomic E-state index is 11.9. The van der Waals surface area contributed by atoms with Gasteiger partial charge >= 0.3 is 5.63 Å². The molecule has 0 saturated carbocycles. The average Bonchev–Trinajstić information content (AvgIpc) is 2.91. The molecular formula is C20H18N2O2S. The third-order valence-electron chi connectivity index (χ3n) is 4.55. The highest BCUT2D eigenvalue weighted by Crippen LogP contribution is 2.29. The Kier molecular flexibility index (Phi) is 3.88. The van der Waals surface area contributed by atoms with Crippen LogP contribution in [0, 0.1) is 13.8 Å². The fraction of sp³-hybridized carbons (Fsp3) is 0.200. The van der Waals surface area contributed by atoms with Gasteiger partial charge in [0.2, 0.25) is 0 Å². The van der Waals surface area contributed by atoms with E-state index in [0.29, 0.717) is 11.3 Å². The van der Waals surface area contributed by atoms with Crippen molar-refractivity contribution in [2.75, 3.05) is 0 Å². The third kappa shape index (κ3) is 2.85. The van der Waals surface area contributed by atoms with Gasteiger partial charge in [-0.1, -0.05) is 23.9 Å². The number of rotatable bonds is 3. The normalized spacial score (nSPS) is 11.5. The maximum Gasteiger partial charge on any atom is 0.336 e. The summed E-state index contributed by atoms with van der Waals surface area (Å²) >= 11 is 1.63. The highest BCUT2D eigenvalue weighted by molar-refractivity contribution is 7.98. The van der Waals surface area contributed by atoms with Crippen LogP contribution in [0.4, 0.5) is 0 Å². The van der Waals surface area contributed by atoms with Crippen molar-refractivity contribution < 1.29 is 4.42 Å². The molecule has 2 aromatic carbocycles. The molecule has 0 atom stereocenters. The standard InChI is InChI=1S/C20H18N2O2S/c1-12-8-15-14(10-19(23)24-18(15)9-13(12)2)11-25-20-21-16-6-4-5-7-17(16)22(20)3/h4-10H,11H2,1-3H3. The lowest BCUT2D eigenvalue weighted by Crippen LogP contribution is -2.01. The van der Waals surface area contributed by atoms with Crippen LogP contribution in [0.1, 0.15) is 16.7 Å². The zero-order valence-corrected chi connectivity index (χ0v) is 15.2. The summed E-state index contributed by atoms with van der Waals surface area (Å²) in [5.41, 5.74) is 5.72. The summed E-state index contributed by atoms with van der Waals surface area (Å²) in [5.74, 6) is 0.668. The van der Waals surface area contributed by atoms with Gasteiger partial charge in [-0.25, -0.2) is 9.78 Å². The van der Waals surface area contributed by atoms with Gasteiger partial charge < -0.3 is 8.98 Å². The SMILES string of the molecule is Cc1cc2oc(=O)cc(CSc3nc4ccccc4n3C)c2cc1C. The first kappa shape index (κ1) is 16.0. The number of thioether (sulfide) groups is 1. The van der Waals surface area contributed by atoms with Crippen LogP contribution in [0.15, 0.2) is 56.8 Å². The average molecular weight is 350 g/mol. The molecule has 0 unspecified atom stereocenters. The molecule has 126 valence electrons. The van der Waals surface area contributed by atoms with E-state index in [1.165, 1.54) is 5.56 Å². The molecule has 0 bridgehead atoms. The fourth-order valence-electron chi connectivity index (χ4n) is 3.00. The van der Waals surface area contributed by atoms with E-state index in [9.17, 15) is 4.79 Å². The number of hydrogen-bond donors (Lipinski definition) is 0. The maximum atomic E-state index is 11.9. The van der Waals surface area contributed by atoms with E-state index in [0.717, 1.165) is 32.7 Å². The van der Waals surface area contributed by atoms with Gasteiger partial charge in [-0.3, -0.25) is 0 Å². The molecule has 5 heteroatoms. The van der Waals surface area contributed by atoms with Crippen LogP contribution in [-0.2, 0) is 12.8 Å². The third-order valence-corrected chi connectivity index (χ3v) is 5.63. The first-order valence-corrected chi connectivity index (χ1v) is 9.10. The molecule has 4 rings (SSSR count). The Morgan fingerprint density at radius 2 is 1.88 bits per heavy atom. The molecule has 4 aromatic rings. The predicted octanol–water partition coefficient (Wildman–Crippen LogP) is 4.59. The van der Waals surface area contributed by atoms with Crippen LogP contribution in [0.5, 0.6) is 0 Å². The van der Waals surface area contributed by atoms with Gasteiger partial charge in [0.15, 0.2) is 5.16 Å². The second-order valence-electron chi connectivity index (χ2n) is 6.25. The van der Waals surface area contributed by atoms with Gasteiger partial charge in [0.1, 0.15) is 5.58 Å². The summed E-state index contributed by atoms with van der Waals surface area (Å²) in [7, 11) is 2.02. The first-order valence-electron chi connectivity index (χ1n) is 8.11. The summed E-state index contributed by atoms with van der Waals surface area (Å²) in [4.78, 5) is 16.6. The Balaban J connectivity index is 1.74. The number of fused-ring (bicyclic) bond motifs is 2. The molecule has 2 aromatic heterocycles. The number of imidazole rings is 1. The van der Waals surface area contributed by atoms with Gasteiger partial charge in [-0.15, -0.1) is 0 Å². The Bertz CT molecular complexity index is 1160. The van der Waals surface area contributed by atoms with E-state index >= 15 is 0 Å². The van der Waals surface area contributed by atoms with Gasteiger partial charge in [0.05, 0.1) is 11.0 Å². The lowest BCUT2D eigenvalue weighted by atomic mass is 10.0. The van der Waals surface area contributed by atoms with Gasteiger partial charge in [0.25, 0.3) is 0 Å². The van der Waals surface area contributed by atoms with Gasteiger partial charge in [-0.05, 0) is 54.8 Å². The van der Waals surface area contributed by atoms with Gasteiger partial charge in [-0.2, -0.15) is 0 Å². The van der Waals surface area contributed by atoms with E-state index in [-0.39, 0.29) is 5.63 Å². The van der Waals surface area contributed by atoms with E-state index in [1.807, 2.05) is 38.2 Å². The molecule has 0 spiro atoms. The number of benzene rings is 2. The van der Waals surface area contributed by atoms with Crippen molar-refractivity contribution >= 4 is 33.8 Å². The molecule has 0 N–H and O–H groups in total. The van der Waals surface area contributed by atoms with Crippen molar-refractivity contribution in [2.24, 2.45) is 7.05 Å². The molecule has 0 radical (unpaired) electrons. The Hall–Kier alpha value is -2.53. The van der Waals surface area contributed by atoms with Crippen LogP contribution in [0.3, 0.4) is 0 Å². The van der Waals surface area contributed by atoms with Crippen molar-refractivity contribution in [3.05, 3.63) is 69.6 Å². The number of aryl methyl sites for hydroxylation is 3. The van der Waals surface area contributed by atoms with E-state index in [4.69, 9.17) is 4.42 Å². The molecule has 4 nitrogen and oxygen atoms in total. The summed E-state index contributed by atoms with van der Waals surface area (Å²) in [6.07, 6.45) is 0. The van der Waals surface area contributed by atoms with Crippen molar-refractivity contribution in [2.45, 2.75) is 24.8 Å². The lowest BCUT2D eigenvalue weighted by molar-refractivity contribution is 0.559. The molecule has 0 fully saturated rings. The molecule has 0 aliphatic heterocycles. The van der Waals surface area contributed by atoms with Crippen LogP contribution in [-0.4, -0.2) is 9.55 Å². The zero-order chi connectivity index (χ0) is 17.6. The minimum atomic E-state index is -0.309. The van der Waals surface area contributed by atoms with Crippen LogP contribution in [0.25, 0.3) is 22.0 Å². The molecule has 2 heterocycles. The number of hydrogen-bond acceptors (Lipinski definition) is 4. The molecule has 25 heavy (non-hydrogen) atoms. The summed E-state index contributed by atoms with van der Waals surface area (Å²) in [5, 5.41) is 1.93. The Morgan fingerprint density at radius 3 is 2.68 bits per heavy atom. The monoisotopic (exact) mass is 350 g/mol. The van der Waals surface area contributed by atoms with Gasteiger partial charge in [0, 0.05) is 24.3 Å². The Labute approximate surface area is 149 Å². The second kappa shape index (κ2) is 6.08. The smallest absolute Gasteiger partial charge is 0.336 e. The summed E-state index contributed by atoms with van der Waals surface area (Å²) < 4.78 is 7.46. The molecule has 0 aliphatic carbocycles. The quantitative estimate of drug-likeness (QED) is 0.400. The van der Waals surface area contributed by atoms with E-state index < -0.39 is 0 Å². The van der Waals surface area contributed by atoms with Crippen LogP contribution >= 0.6 is 11.8 Å². The minimum absolute atomic E-state index is 0.309. The van der Waals surface area contributed by atoms with E-state index in [1.54, 1.807) is 17.8 Å². The topological polar surface area (TPSA) is 48.0 Å². The minimum Gasteiger partial charge on any atom is -0.423 e. The van der Waals surface area contributed by atoms with Crippen molar-refractivity contribution in [1.29, 1.82) is 0 Å². The highest BCUT2D eigenvalue weighted by Gasteiger charge is 2.11. The number of para-hydroxylation sites is 2. The van der Waals surface area contributed by atoms with Crippen molar-refractivity contribution in [1.82, 2.24) is 9.55 Å². The molecule has 0 saturated heterocycles. The summed E-state index contributed by atoms with van der Waals surface area (Å²) in [6.45, 7) is 4.10. The fourth-order valence-corrected chi connectivity index (χ4v) is 3.98. The number of nitrogens with zero attached hydrogens (tertiary/aromatic N) is 2. The Morgan fingerprint density at radius 1 is 1.12 bits per heavy atom. The molecule has 0 amide bonds. The van der Waals surface area contributed by atoms with E-state index in [2.05, 4.69) is 28.6 Å². The largest absolute Gasteiger partial charge is 0.423 e. The first-order chi connectivity index (χ1) is 12.0. The number of aromatic nitrogens is 2. The zero-order valence-electron chi connectivity index (χ0n) is 14.4. The second-order valence-corrected chi connectivity index (χ2v) is 7.20.